The minimum absolute atomic E-state index is 0.0749. The molecule has 0 saturated heterocycles. The maximum Gasteiger partial charge on any atom is 0.0465 e. The van der Waals surface area contributed by atoms with Crippen molar-refractivity contribution in [2.24, 2.45) is 23.7 Å². The van der Waals surface area contributed by atoms with Crippen LogP contribution in [0.3, 0.4) is 0 Å². The number of nitrogens with zero attached hydrogens (tertiary/aromatic N) is 1. The van der Waals surface area contributed by atoms with Crippen LogP contribution in [0.5, 0.6) is 0 Å². The van der Waals surface area contributed by atoms with E-state index in [1.807, 2.05) is 0 Å². The minimum Gasteiger partial charge on any atom is -0.310 e. The fraction of sp³-hybridized carbons (Fsp3) is 0.368. The second-order valence-corrected chi connectivity index (χ2v) is 21.2. The average Bonchev–Trinajstić information content (AvgIpc) is 3.64. The highest BCUT2D eigenvalue weighted by atomic mass is 15.1. The lowest BCUT2D eigenvalue weighted by Gasteiger charge is -2.61. The minimum atomic E-state index is -0.0749. The Labute approximate surface area is 346 Å². The first-order chi connectivity index (χ1) is 27.9. The van der Waals surface area contributed by atoms with Gasteiger partial charge in [0.15, 0.2) is 0 Å². The van der Waals surface area contributed by atoms with Crippen molar-refractivity contribution in [3.8, 4) is 33.4 Å². The van der Waals surface area contributed by atoms with E-state index in [4.69, 9.17) is 0 Å². The van der Waals surface area contributed by atoms with Gasteiger partial charge >= 0.3 is 0 Å². The fourth-order valence-corrected chi connectivity index (χ4v) is 14.3. The molecule has 4 fully saturated rings. The maximum atomic E-state index is 2.66. The van der Waals surface area contributed by atoms with Gasteiger partial charge in [-0.3, -0.25) is 0 Å². The van der Waals surface area contributed by atoms with Crippen LogP contribution in [0.25, 0.3) is 33.4 Å². The van der Waals surface area contributed by atoms with Gasteiger partial charge in [0.25, 0.3) is 0 Å². The molecule has 0 unspecified atom stereocenters. The Kier molecular flexibility index (Phi) is 7.18. The van der Waals surface area contributed by atoms with E-state index in [1.54, 1.807) is 11.1 Å². The van der Waals surface area contributed by atoms with Crippen LogP contribution in [0.1, 0.15) is 120 Å². The van der Waals surface area contributed by atoms with Crippen LogP contribution >= 0.6 is 0 Å². The molecule has 1 heteroatoms. The number of hydrogen-bond acceptors (Lipinski definition) is 1. The summed E-state index contributed by atoms with van der Waals surface area (Å²) in [6.07, 6.45) is 9.49. The standard InChI is InChI=1S/C57H57N/c1-54(2)26-27-55(3,4)53-43(14-11-17-50(53)54)37-18-20-40(21-19-37)58(41-22-24-46-44-12-7-9-15-48(44)56(5,6)51(46)33-41)42-23-25-47-45-13-8-10-16-49(45)57(52(47)34-42)38-29-35-28-36(31-38)32-39(57)30-35/h7-25,33-36,38-39H,26-32H2,1-6H3. The molecular weight excluding hydrogens is 699 g/mol. The van der Waals surface area contributed by atoms with E-state index in [-0.39, 0.29) is 21.7 Å². The molecule has 0 aromatic heterocycles. The van der Waals surface area contributed by atoms with Crippen molar-refractivity contribution in [2.75, 3.05) is 4.90 Å². The number of fused-ring (bicyclic) bond motifs is 7. The summed E-state index contributed by atoms with van der Waals surface area (Å²) in [6, 6.07) is 50.2. The number of benzene rings is 6. The van der Waals surface area contributed by atoms with E-state index < -0.39 is 0 Å². The lowest BCUT2D eigenvalue weighted by atomic mass is 9.43. The van der Waals surface area contributed by atoms with Gasteiger partial charge in [0.05, 0.1) is 0 Å². The normalized spacial score (nSPS) is 26.8. The van der Waals surface area contributed by atoms with Crippen molar-refractivity contribution in [3.05, 3.63) is 161 Å². The van der Waals surface area contributed by atoms with Gasteiger partial charge in [0.2, 0.25) is 0 Å². The Morgan fingerprint density at radius 1 is 0.414 bits per heavy atom. The average molecular weight is 756 g/mol. The van der Waals surface area contributed by atoms with Gasteiger partial charge in [-0.25, -0.2) is 0 Å². The summed E-state index contributed by atoms with van der Waals surface area (Å²) in [5, 5.41) is 0. The van der Waals surface area contributed by atoms with Crippen molar-refractivity contribution < 1.29 is 0 Å². The Balaban J connectivity index is 1.04. The first-order valence-corrected chi connectivity index (χ1v) is 22.5. The third kappa shape index (κ3) is 4.65. The molecule has 58 heavy (non-hydrogen) atoms. The molecule has 6 aromatic rings. The summed E-state index contributed by atoms with van der Waals surface area (Å²) in [7, 11) is 0. The van der Waals surface area contributed by atoms with Crippen LogP contribution < -0.4 is 4.90 Å². The summed E-state index contributed by atoms with van der Waals surface area (Å²) < 4.78 is 0. The Morgan fingerprint density at radius 3 is 1.59 bits per heavy atom. The van der Waals surface area contributed by atoms with Gasteiger partial charge in [-0.2, -0.15) is 0 Å². The zero-order valence-electron chi connectivity index (χ0n) is 35.3. The van der Waals surface area contributed by atoms with Crippen molar-refractivity contribution in [1.82, 2.24) is 0 Å². The number of rotatable bonds is 4. The molecule has 0 radical (unpaired) electrons. The molecule has 4 saturated carbocycles. The van der Waals surface area contributed by atoms with Gasteiger partial charge in [0, 0.05) is 27.9 Å². The molecule has 0 N–H and O–H groups in total. The van der Waals surface area contributed by atoms with E-state index in [1.165, 1.54) is 118 Å². The summed E-state index contributed by atoms with van der Waals surface area (Å²) in [5.74, 6) is 3.32. The van der Waals surface area contributed by atoms with Crippen LogP contribution in [-0.4, -0.2) is 0 Å². The lowest BCUT2D eigenvalue weighted by molar-refractivity contribution is -0.0399. The Hall–Kier alpha value is -4.88. The molecule has 1 spiro atoms. The fourth-order valence-electron chi connectivity index (χ4n) is 14.3. The molecule has 0 atom stereocenters. The highest BCUT2D eigenvalue weighted by Crippen LogP contribution is 2.69. The molecule has 0 amide bonds. The zero-order chi connectivity index (χ0) is 39.3. The van der Waals surface area contributed by atoms with Gasteiger partial charge in [0.1, 0.15) is 0 Å². The topological polar surface area (TPSA) is 3.24 Å². The highest BCUT2D eigenvalue weighted by molar-refractivity contribution is 5.89. The molecule has 0 heterocycles. The summed E-state index contributed by atoms with van der Waals surface area (Å²) in [5.41, 5.74) is 21.7. The summed E-state index contributed by atoms with van der Waals surface area (Å²) in [4.78, 5) is 2.59. The largest absolute Gasteiger partial charge is 0.310 e. The Bertz CT molecular complexity index is 2640. The van der Waals surface area contributed by atoms with Crippen molar-refractivity contribution >= 4 is 17.1 Å². The smallest absolute Gasteiger partial charge is 0.0465 e. The van der Waals surface area contributed by atoms with Crippen molar-refractivity contribution in [2.45, 2.75) is 108 Å². The van der Waals surface area contributed by atoms with Crippen molar-refractivity contribution in [3.63, 3.8) is 0 Å². The molecule has 7 aliphatic rings. The zero-order valence-corrected chi connectivity index (χ0v) is 35.3. The summed E-state index contributed by atoms with van der Waals surface area (Å²) >= 11 is 0. The molecule has 290 valence electrons. The second kappa shape index (κ2) is 11.9. The molecule has 13 rings (SSSR count). The molecule has 4 bridgehead atoms. The number of hydrogen-bond donors (Lipinski definition) is 0. The SMILES string of the molecule is CC1(C)CCC(C)(C)c2c(-c3ccc(N(c4ccc5c(c4)C(C)(C)c4ccccc4-5)c4ccc5c(c4)C4(c6ccccc6-5)C5CC6CC(C5)CC4C6)cc3)cccc21. The van der Waals surface area contributed by atoms with Crippen LogP contribution in [0.4, 0.5) is 17.1 Å². The second-order valence-electron chi connectivity index (χ2n) is 21.2. The van der Waals surface area contributed by atoms with E-state index in [2.05, 4.69) is 174 Å². The predicted octanol–water partition coefficient (Wildman–Crippen LogP) is 15.2. The Morgan fingerprint density at radius 2 is 0.914 bits per heavy atom. The maximum absolute atomic E-state index is 2.66. The quantitative estimate of drug-likeness (QED) is 0.173. The lowest BCUT2D eigenvalue weighted by Crippen LogP contribution is -2.55. The molecule has 1 nitrogen and oxygen atoms in total. The van der Waals surface area contributed by atoms with Gasteiger partial charge < -0.3 is 4.90 Å². The van der Waals surface area contributed by atoms with Crippen LogP contribution in [0.2, 0.25) is 0 Å². The van der Waals surface area contributed by atoms with Crippen LogP contribution in [0, 0.1) is 23.7 Å². The van der Waals surface area contributed by atoms with Gasteiger partial charge in [-0.15, -0.1) is 0 Å². The van der Waals surface area contributed by atoms with E-state index >= 15 is 0 Å². The predicted molar refractivity (Wildman–Crippen MR) is 243 cm³/mol. The first-order valence-electron chi connectivity index (χ1n) is 22.5. The molecule has 0 aliphatic heterocycles. The number of anilines is 3. The van der Waals surface area contributed by atoms with E-state index in [9.17, 15) is 0 Å². The summed E-state index contributed by atoms with van der Waals surface area (Å²) in [6.45, 7) is 14.6. The van der Waals surface area contributed by atoms with Crippen LogP contribution in [0.15, 0.2) is 127 Å². The van der Waals surface area contributed by atoms with Gasteiger partial charge in [-0.05, 0) is 183 Å². The van der Waals surface area contributed by atoms with Crippen LogP contribution in [-0.2, 0) is 21.7 Å². The first kappa shape index (κ1) is 35.1. The molecule has 7 aliphatic carbocycles. The van der Waals surface area contributed by atoms with Crippen molar-refractivity contribution in [1.29, 1.82) is 0 Å². The third-order valence-corrected chi connectivity index (χ3v) is 16.9. The third-order valence-electron chi connectivity index (χ3n) is 16.9. The highest BCUT2D eigenvalue weighted by Gasteiger charge is 2.61. The van der Waals surface area contributed by atoms with Gasteiger partial charge in [-0.1, -0.05) is 133 Å². The molecule has 6 aromatic carbocycles. The molecular formula is C57H57N. The van der Waals surface area contributed by atoms with E-state index in [0.29, 0.717) is 0 Å². The van der Waals surface area contributed by atoms with E-state index in [0.717, 1.165) is 23.7 Å². The monoisotopic (exact) mass is 755 g/mol.